The number of carbonyl (C=O) groups is 1. The number of hydrogen-bond donors (Lipinski definition) is 2. The van der Waals surface area contributed by atoms with Crippen molar-refractivity contribution in [3.63, 3.8) is 0 Å². The lowest BCUT2D eigenvalue weighted by molar-refractivity contribution is -0.125. The van der Waals surface area contributed by atoms with E-state index >= 15 is 0 Å². The number of pyridine rings is 1. The molecule has 1 aromatic carbocycles. The van der Waals surface area contributed by atoms with E-state index in [1.165, 1.54) is 0 Å². The molecule has 1 amide bonds. The monoisotopic (exact) mass is 342 g/mol. The van der Waals surface area contributed by atoms with Gasteiger partial charge in [0.15, 0.2) is 6.61 Å². The van der Waals surface area contributed by atoms with Gasteiger partial charge in [-0.1, -0.05) is 24.3 Å². The second-order valence-corrected chi connectivity index (χ2v) is 6.17. The fraction of sp³-hybridized carbons (Fsp3) is 0.368. The lowest BCUT2D eigenvalue weighted by Crippen LogP contribution is -2.42. The number of para-hydroxylation sites is 1. The Morgan fingerprint density at radius 1 is 1.28 bits per heavy atom. The van der Waals surface area contributed by atoms with Crippen molar-refractivity contribution in [1.82, 2.24) is 10.3 Å². The minimum Gasteiger partial charge on any atom is -0.484 e. The summed E-state index contributed by atoms with van der Waals surface area (Å²) in [6.07, 6.45) is 2.73. The molecule has 2 N–H and O–H groups in total. The predicted molar refractivity (Wildman–Crippen MR) is 92.3 cm³/mol. The first-order valence-electron chi connectivity index (χ1n) is 8.31. The second kappa shape index (κ2) is 7.98. The molecule has 0 saturated heterocycles. The number of carbonyl (C=O) groups excluding carboxylic acids is 1. The molecule has 1 heterocycles. The maximum Gasteiger partial charge on any atom is 0.258 e. The number of aliphatic hydroxyl groups is 1. The van der Waals surface area contributed by atoms with Crippen molar-refractivity contribution in [3.8, 4) is 11.6 Å². The van der Waals surface area contributed by atoms with Crippen LogP contribution in [0.3, 0.4) is 0 Å². The van der Waals surface area contributed by atoms with Crippen LogP contribution in [0.1, 0.15) is 24.4 Å². The van der Waals surface area contributed by atoms with Crippen molar-refractivity contribution >= 4 is 5.91 Å². The van der Waals surface area contributed by atoms with E-state index in [1.807, 2.05) is 24.3 Å². The van der Waals surface area contributed by atoms with Crippen molar-refractivity contribution in [3.05, 3.63) is 54.2 Å². The summed E-state index contributed by atoms with van der Waals surface area (Å²) < 4.78 is 10.6. The van der Waals surface area contributed by atoms with Gasteiger partial charge in [0.2, 0.25) is 5.88 Å². The summed E-state index contributed by atoms with van der Waals surface area (Å²) in [5.74, 6) is 1.16. The lowest BCUT2D eigenvalue weighted by Gasteiger charge is -2.38. The van der Waals surface area contributed by atoms with Crippen molar-refractivity contribution < 1.29 is 19.4 Å². The number of nitrogens with one attached hydrogen (secondary N) is 1. The highest BCUT2D eigenvalue weighted by Gasteiger charge is 2.35. The Bertz CT molecular complexity index is 684. The van der Waals surface area contributed by atoms with Gasteiger partial charge in [0, 0.05) is 12.3 Å². The second-order valence-electron chi connectivity index (χ2n) is 6.17. The fourth-order valence-corrected chi connectivity index (χ4v) is 2.95. The number of hydrogen-bond acceptors (Lipinski definition) is 5. The van der Waals surface area contributed by atoms with Crippen LogP contribution >= 0.6 is 0 Å². The summed E-state index contributed by atoms with van der Waals surface area (Å²) >= 11 is 0. The smallest absolute Gasteiger partial charge is 0.258 e. The number of nitrogens with zero attached hydrogens (tertiary/aromatic N) is 1. The van der Waals surface area contributed by atoms with Gasteiger partial charge in [-0.05, 0) is 36.5 Å². The molecule has 2 aromatic rings. The van der Waals surface area contributed by atoms with Gasteiger partial charge in [0.25, 0.3) is 5.91 Å². The van der Waals surface area contributed by atoms with Crippen LogP contribution in [0.4, 0.5) is 0 Å². The van der Waals surface area contributed by atoms with E-state index in [9.17, 15) is 9.90 Å². The van der Waals surface area contributed by atoms with E-state index in [0.717, 1.165) is 5.56 Å². The minimum absolute atomic E-state index is 0.0562. The molecule has 1 aromatic heterocycles. The number of ether oxygens (including phenoxy) is 2. The van der Waals surface area contributed by atoms with Gasteiger partial charge in [-0.15, -0.1) is 0 Å². The Hall–Kier alpha value is -2.60. The van der Waals surface area contributed by atoms with Crippen LogP contribution in [0.5, 0.6) is 11.6 Å². The molecule has 6 heteroatoms. The quantitative estimate of drug-likeness (QED) is 0.805. The lowest BCUT2D eigenvalue weighted by atomic mass is 9.75. The van der Waals surface area contributed by atoms with Crippen molar-refractivity contribution in [1.29, 1.82) is 0 Å². The highest BCUT2D eigenvalue weighted by molar-refractivity contribution is 5.78. The van der Waals surface area contributed by atoms with Crippen molar-refractivity contribution in [2.24, 2.45) is 5.92 Å². The average molecular weight is 342 g/mol. The normalized spacial score (nSPS) is 20.2. The number of amides is 1. The maximum atomic E-state index is 12.3. The molecule has 0 bridgehead atoms. The van der Waals surface area contributed by atoms with Crippen LogP contribution in [0.15, 0.2) is 48.7 Å². The van der Waals surface area contributed by atoms with Gasteiger partial charge in [0.05, 0.1) is 19.3 Å². The molecular weight excluding hydrogens is 320 g/mol. The average Bonchev–Trinajstić information content (AvgIpc) is 2.63. The molecule has 1 fully saturated rings. The Labute approximate surface area is 146 Å². The van der Waals surface area contributed by atoms with Crippen LogP contribution in [-0.4, -0.2) is 35.8 Å². The SMILES string of the molecule is COc1ccc([C@H](NC(=O)COc2ccccc2)C2CC(O)C2)cn1. The first-order chi connectivity index (χ1) is 12.2. The van der Waals surface area contributed by atoms with E-state index in [4.69, 9.17) is 9.47 Å². The summed E-state index contributed by atoms with van der Waals surface area (Å²) in [6.45, 7) is -0.0562. The minimum atomic E-state index is -0.295. The molecule has 1 aliphatic rings. The molecule has 1 aliphatic carbocycles. The van der Waals surface area contributed by atoms with Gasteiger partial charge in [-0.2, -0.15) is 0 Å². The molecule has 1 saturated carbocycles. The topological polar surface area (TPSA) is 80.7 Å². The standard InChI is InChI=1S/C19H22N2O4/c1-24-18-8-7-13(11-20-18)19(14-9-15(22)10-14)21-17(23)12-25-16-5-3-2-4-6-16/h2-8,11,14-15,19,22H,9-10,12H2,1H3,(H,21,23)/t14?,15?,19-/m0/s1. The summed E-state index contributed by atoms with van der Waals surface area (Å²) in [5, 5.41) is 12.6. The van der Waals surface area contributed by atoms with E-state index in [0.29, 0.717) is 24.5 Å². The Kier molecular flexibility index (Phi) is 5.50. The number of rotatable bonds is 7. The van der Waals surface area contributed by atoms with Crippen LogP contribution in [0.2, 0.25) is 0 Å². The number of aliphatic hydroxyl groups excluding tert-OH is 1. The molecule has 3 rings (SSSR count). The molecule has 0 spiro atoms. The zero-order valence-corrected chi connectivity index (χ0v) is 14.1. The van der Waals surface area contributed by atoms with Gasteiger partial charge in [-0.3, -0.25) is 4.79 Å². The molecule has 25 heavy (non-hydrogen) atoms. The molecule has 1 atom stereocenters. The third-order valence-corrected chi connectivity index (χ3v) is 4.38. The molecular formula is C19H22N2O4. The van der Waals surface area contributed by atoms with E-state index in [1.54, 1.807) is 31.5 Å². The van der Waals surface area contributed by atoms with Crippen LogP contribution < -0.4 is 14.8 Å². The van der Waals surface area contributed by atoms with Crippen LogP contribution in [-0.2, 0) is 4.79 Å². The third kappa shape index (κ3) is 4.48. The molecule has 132 valence electrons. The molecule has 0 aliphatic heterocycles. The van der Waals surface area contributed by atoms with E-state index in [2.05, 4.69) is 10.3 Å². The first-order valence-corrected chi connectivity index (χ1v) is 8.31. The van der Waals surface area contributed by atoms with E-state index in [-0.39, 0.29) is 30.6 Å². The van der Waals surface area contributed by atoms with Crippen molar-refractivity contribution in [2.75, 3.05) is 13.7 Å². The highest BCUT2D eigenvalue weighted by Crippen LogP contribution is 2.38. The largest absolute Gasteiger partial charge is 0.484 e. The van der Waals surface area contributed by atoms with Gasteiger partial charge < -0.3 is 19.9 Å². The first kappa shape index (κ1) is 17.2. The van der Waals surface area contributed by atoms with Crippen LogP contribution in [0.25, 0.3) is 0 Å². The van der Waals surface area contributed by atoms with Crippen LogP contribution in [0, 0.1) is 5.92 Å². The zero-order chi connectivity index (χ0) is 17.6. The highest BCUT2D eigenvalue weighted by atomic mass is 16.5. The Morgan fingerprint density at radius 2 is 2.04 bits per heavy atom. The molecule has 0 radical (unpaired) electrons. The van der Waals surface area contributed by atoms with Gasteiger partial charge in [-0.25, -0.2) is 4.98 Å². The molecule has 0 unspecified atom stereocenters. The molecule has 6 nitrogen and oxygen atoms in total. The predicted octanol–water partition coefficient (Wildman–Crippen LogP) is 2.10. The maximum absolute atomic E-state index is 12.3. The van der Waals surface area contributed by atoms with Gasteiger partial charge >= 0.3 is 0 Å². The fourth-order valence-electron chi connectivity index (χ4n) is 2.95. The van der Waals surface area contributed by atoms with E-state index < -0.39 is 0 Å². The Balaban J connectivity index is 1.63. The number of methoxy groups -OCH3 is 1. The summed E-state index contributed by atoms with van der Waals surface area (Å²) in [6, 6.07) is 12.7. The zero-order valence-electron chi connectivity index (χ0n) is 14.1. The summed E-state index contributed by atoms with van der Waals surface area (Å²) in [4.78, 5) is 16.5. The number of benzene rings is 1. The van der Waals surface area contributed by atoms with Crippen molar-refractivity contribution in [2.45, 2.75) is 25.0 Å². The Morgan fingerprint density at radius 3 is 2.64 bits per heavy atom. The summed E-state index contributed by atoms with van der Waals surface area (Å²) in [5.41, 5.74) is 0.894. The number of aromatic nitrogens is 1. The van der Waals surface area contributed by atoms with Gasteiger partial charge in [0.1, 0.15) is 5.75 Å². The summed E-state index contributed by atoms with van der Waals surface area (Å²) in [7, 11) is 1.56. The third-order valence-electron chi connectivity index (χ3n) is 4.38.